The minimum absolute atomic E-state index is 0.201. The van der Waals surface area contributed by atoms with Crippen molar-refractivity contribution in [2.24, 2.45) is 11.7 Å². The van der Waals surface area contributed by atoms with E-state index in [1.54, 1.807) is 12.1 Å². The minimum Gasteiger partial charge on any atom is -0.435 e. The van der Waals surface area contributed by atoms with Crippen molar-refractivity contribution < 1.29 is 13.5 Å². The highest BCUT2D eigenvalue weighted by Gasteiger charge is 2.06. The number of rotatable bonds is 5. The van der Waals surface area contributed by atoms with Gasteiger partial charge in [0.15, 0.2) is 0 Å². The fourth-order valence-corrected chi connectivity index (χ4v) is 1.33. The molecule has 1 aromatic carbocycles. The Kier molecular flexibility index (Phi) is 4.49. The standard InChI is InChI=1S/C11H15F2NO/c1-8(7-14)5-9-3-2-4-10(6-9)15-11(12)13/h2-4,6,8,11H,5,7,14H2,1H3/t8-/m1/s1. The van der Waals surface area contributed by atoms with E-state index in [9.17, 15) is 8.78 Å². The van der Waals surface area contributed by atoms with E-state index < -0.39 is 6.61 Å². The summed E-state index contributed by atoms with van der Waals surface area (Å²) in [7, 11) is 0. The van der Waals surface area contributed by atoms with Gasteiger partial charge in [0.05, 0.1) is 0 Å². The molecule has 84 valence electrons. The molecule has 0 saturated heterocycles. The van der Waals surface area contributed by atoms with Crippen LogP contribution >= 0.6 is 0 Å². The minimum atomic E-state index is -2.77. The van der Waals surface area contributed by atoms with E-state index in [1.165, 1.54) is 6.07 Å². The Hall–Kier alpha value is -1.16. The van der Waals surface area contributed by atoms with E-state index in [0.717, 1.165) is 12.0 Å². The second-order valence-electron chi connectivity index (χ2n) is 3.57. The van der Waals surface area contributed by atoms with Crippen molar-refractivity contribution >= 4 is 0 Å². The Morgan fingerprint density at radius 3 is 2.73 bits per heavy atom. The maximum atomic E-state index is 11.9. The normalized spacial score (nSPS) is 12.9. The first-order valence-electron chi connectivity index (χ1n) is 4.85. The maximum absolute atomic E-state index is 11.9. The van der Waals surface area contributed by atoms with Crippen LogP contribution in [0.15, 0.2) is 24.3 Å². The Labute approximate surface area is 88.0 Å². The summed E-state index contributed by atoms with van der Waals surface area (Å²) in [5, 5.41) is 0. The first-order valence-corrected chi connectivity index (χ1v) is 4.85. The van der Waals surface area contributed by atoms with Gasteiger partial charge in [-0.2, -0.15) is 8.78 Å². The van der Waals surface area contributed by atoms with Gasteiger partial charge in [-0.05, 0) is 36.6 Å². The van der Waals surface area contributed by atoms with Crippen LogP contribution in [0.25, 0.3) is 0 Å². The molecule has 0 spiro atoms. The lowest BCUT2D eigenvalue weighted by atomic mass is 10.0. The number of benzene rings is 1. The molecule has 0 heterocycles. The molecule has 0 aromatic heterocycles. The highest BCUT2D eigenvalue weighted by molar-refractivity contribution is 5.28. The van der Waals surface area contributed by atoms with Crippen LogP contribution in [-0.2, 0) is 6.42 Å². The molecule has 0 aliphatic carbocycles. The molecular formula is C11H15F2NO. The predicted molar refractivity (Wildman–Crippen MR) is 55.0 cm³/mol. The molecule has 0 bridgehead atoms. The third kappa shape index (κ3) is 4.25. The zero-order valence-corrected chi connectivity index (χ0v) is 8.62. The van der Waals surface area contributed by atoms with Crippen LogP contribution < -0.4 is 10.5 Å². The maximum Gasteiger partial charge on any atom is 0.387 e. The van der Waals surface area contributed by atoms with Gasteiger partial charge < -0.3 is 10.5 Å². The summed E-state index contributed by atoms with van der Waals surface area (Å²) >= 11 is 0. The van der Waals surface area contributed by atoms with Crippen LogP contribution in [0.1, 0.15) is 12.5 Å². The first-order chi connectivity index (χ1) is 7.11. The van der Waals surface area contributed by atoms with Crippen molar-refractivity contribution in [3.63, 3.8) is 0 Å². The van der Waals surface area contributed by atoms with Crippen molar-refractivity contribution in [3.05, 3.63) is 29.8 Å². The van der Waals surface area contributed by atoms with Gasteiger partial charge in [0, 0.05) is 0 Å². The third-order valence-electron chi connectivity index (χ3n) is 2.11. The van der Waals surface area contributed by atoms with E-state index in [2.05, 4.69) is 4.74 Å². The molecule has 1 aromatic rings. The third-order valence-corrected chi connectivity index (χ3v) is 2.11. The lowest BCUT2D eigenvalue weighted by Gasteiger charge is -2.10. The largest absolute Gasteiger partial charge is 0.435 e. The molecule has 0 aliphatic rings. The van der Waals surface area contributed by atoms with Crippen LogP contribution in [0.5, 0.6) is 5.75 Å². The van der Waals surface area contributed by atoms with E-state index in [0.29, 0.717) is 12.5 Å². The summed E-state index contributed by atoms with van der Waals surface area (Å²) in [6, 6.07) is 6.72. The van der Waals surface area contributed by atoms with Gasteiger partial charge in [-0.3, -0.25) is 0 Å². The smallest absolute Gasteiger partial charge is 0.387 e. The highest BCUT2D eigenvalue weighted by Crippen LogP contribution is 2.17. The average molecular weight is 215 g/mol. The lowest BCUT2D eigenvalue weighted by molar-refractivity contribution is -0.0498. The Morgan fingerprint density at radius 1 is 1.40 bits per heavy atom. The molecule has 1 atom stereocenters. The van der Waals surface area contributed by atoms with Crippen molar-refractivity contribution in [1.29, 1.82) is 0 Å². The van der Waals surface area contributed by atoms with Crippen LogP contribution in [0.4, 0.5) is 8.78 Å². The molecule has 15 heavy (non-hydrogen) atoms. The van der Waals surface area contributed by atoms with Crippen molar-refractivity contribution in [2.75, 3.05) is 6.54 Å². The van der Waals surface area contributed by atoms with E-state index in [1.807, 2.05) is 13.0 Å². The molecule has 4 heteroatoms. The zero-order valence-electron chi connectivity index (χ0n) is 8.62. The van der Waals surface area contributed by atoms with Gasteiger partial charge in [-0.1, -0.05) is 19.1 Å². The molecule has 2 nitrogen and oxygen atoms in total. The van der Waals surface area contributed by atoms with Crippen LogP contribution in [0.2, 0.25) is 0 Å². The number of halogens is 2. The summed E-state index contributed by atoms with van der Waals surface area (Å²) < 4.78 is 28.2. The Balaban J connectivity index is 2.65. The van der Waals surface area contributed by atoms with Crippen LogP contribution in [-0.4, -0.2) is 13.2 Å². The van der Waals surface area contributed by atoms with E-state index in [-0.39, 0.29) is 5.75 Å². The zero-order chi connectivity index (χ0) is 11.3. The number of hydrogen-bond acceptors (Lipinski definition) is 2. The van der Waals surface area contributed by atoms with Gasteiger partial charge in [0.25, 0.3) is 0 Å². The average Bonchev–Trinajstić information content (AvgIpc) is 2.17. The van der Waals surface area contributed by atoms with Gasteiger partial charge in [0.2, 0.25) is 0 Å². The van der Waals surface area contributed by atoms with Crippen molar-refractivity contribution in [2.45, 2.75) is 20.0 Å². The number of ether oxygens (including phenoxy) is 1. The Morgan fingerprint density at radius 2 is 2.13 bits per heavy atom. The predicted octanol–water partition coefficient (Wildman–Crippen LogP) is 2.43. The first kappa shape index (κ1) is 11.9. The lowest BCUT2D eigenvalue weighted by Crippen LogP contribution is -2.13. The summed E-state index contributed by atoms with van der Waals surface area (Å²) in [4.78, 5) is 0. The highest BCUT2D eigenvalue weighted by atomic mass is 19.3. The topological polar surface area (TPSA) is 35.2 Å². The molecule has 0 unspecified atom stereocenters. The fourth-order valence-electron chi connectivity index (χ4n) is 1.33. The summed E-state index contributed by atoms with van der Waals surface area (Å²) in [5.41, 5.74) is 6.45. The summed E-state index contributed by atoms with van der Waals surface area (Å²) in [5.74, 6) is 0.540. The quantitative estimate of drug-likeness (QED) is 0.818. The second-order valence-corrected chi connectivity index (χ2v) is 3.57. The monoisotopic (exact) mass is 215 g/mol. The second kappa shape index (κ2) is 5.66. The van der Waals surface area contributed by atoms with E-state index >= 15 is 0 Å². The molecule has 0 aliphatic heterocycles. The van der Waals surface area contributed by atoms with Gasteiger partial charge in [-0.15, -0.1) is 0 Å². The van der Waals surface area contributed by atoms with Crippen LogP contribution in [0.3, 0.4) is 0 Å². The molecule has 0 amide bonds. The number of alkyl halides is 2. The number of nitrogens with two attached hydrogens (primary N) is 1. The molecule has 2 N–H and O–H groups in total. The Bertz CT molecular complexity index is 304. The van der Waals surface area contributed by atoms with Crippen molar-refractivity contribution in [1.82, 2.24) is 0 Å². The molecule has 0 radical (unpaired) electrons. The van der Waals surface area contributed by atoms with Gasteiger partial charge >= 0.3 is 6.61 Å². The molecule has 0 saturated carbocycles. The summed E-state index contributed by atoms with van der Waals surface area (Å²) in [6.07, 6.45) is 0.775. The van der Waals surface area contributed by atoms with Gasteiger partial charge in [-0.25, -0.2) is 0 Å². The molecule has 1 rings (SSSR count). The number of hydrogen-bond donors (Lipinski definition) is 1. The van der Waals surface area contributed by atoms with Crippen LogP contribution in [0, 0.1) is 5.92 Å². The summed E-state index contributed by atoms with van der Waals surface area (Å²) in [6.45, 7) is -0.173. The van der Waals surface area contributed by atoms with E-state index in [4.69, 9.17) is 5.73 Å². The molecular weight excluding hydrogens is 200 g/mol. The van der Waals surface area contributed by atoms with Crippen molar-refractivity contribution in [3.8, 4) is 5.75 Å². The SMILES string of the molecule is C[C@@H](CN)Cc1cccc(OC(F)F)c1. The van der Waals surface area contributed by atoms with Gasteiger partial charge in [0.1, 0.15) is 5.75 Å². The molecule has 0 fully saturated rings. The fraction of sp³-hybridized carbons (Fsp3) is 0.455.